The van der Waals surface area contributed by atoms with Crippen molar-refractivity contribution in [3.05, 3.63) is 18.3 Å². The van der Waals surface area contributed by atoms with E-state index in [1.54, 1.807) is 18.3 Å². The smallest absolute Gasteiger partial charge is 0.478 e. The molecule has 0 saturated carbocycles. The highest BCUT2D eigenvalue weighted by molar-refractivity contribution is 6.63. The predicted molar refractivity (Wildman–Crippen MR) is 71.1 cm³/mol. The van der Waals surface area contributed by atoms with E-state index in [2.05, 4.69) is 4.98 Å². The van der Waals surface area contributed by atoms with Crippen molar-refractivity contribution in [2.45, 2.75) is 45.7 Å². The van der Waals surface area contributed by atoms with Crippen LogP contribution in [0.3, 0.4) is 0 Å². The molecule has 1 saturated heterocycles. The van der Waals surface area contributed by atoms with Gasteiger partial charge in [0.2, 0.25) is 5.88 Å². The molecule has 0 aliphatic carbocycles. The van der Waals surface area contributed by atoms with Crippen molar-refractivity contribution in [2.75, 3.05) is 6.61 Å². The van der Waals surface area contributed by atoms with Gasteiger partial charge in [-0.2, -0.15) is 0 Å². The van der Waals surface area contributed by atoms with E-state index in [1.807, 2.05) is 27.7 Å². The second-order valence-electron chi connectivity index (χ2n) is 5.27. The molecule has 0 atom stereocenters. The van der Waals surface area contributed by atoms with E-state index in [1.165, 1.54) is 0 Å². The summed E-state index contributed by atoms with van der Waals surface area (Å²) >= 11 is 0. The summed E-state index contributed by atoms with van der Waals surface area (Å²) in [5.41, 5.74) is -0.357. The molecule has 0 unspecified atom stereocenters. The van der Waals surface area contributed by atoms with Crippen molar-refractivity contribution in [3.63, 3.8) is 0 Å². The quantitative estimate of drug-likeness (QED) is 0.769. The first-order chi connectivity index (χ1) is 9.52. The highest BCUT2D eigenvalue weighted by Crippen LogP contribution is 2.36. The van der Waals surface area contributed by atoms with E-state index in [0.29, 0.717) is 5.46 Å². The lowest BCUT2D eigenvalue weighted by molar-refractivity contribution is 0.00578. The fourth-order valence-corrected chi connectivity index (χ4v) is 1.74. The summed E-state index contributed by atoms with van der Waals surface area (Å²) in [6.45, 7) is 5.22. The molecule has 1 fully saturated rings. The summed E-state index contributed by atoms with van der Waals surface area (Å²) in [5, 5.41) is 0. The summed E-state index contributed by atoms with van der Waals surface area (Å²) in [6.07, 6.45) is 1.55. The molecule has 1 aliphatic heterocycles. The number of rotatable bonds is 3. The van der Waals surface area contributed by atoms with Gasteiger partial charge in [-0.1, -0.05) is 6.07 Å². The molecule has 98 valence electrons. The Bertz CT molecular complexity index is 504. The molecule has 0 aromatic carbocycles. The summed E-state index contributed by atoms with van der Waals surface area (Å²) in [6, 6.07) is 3.51. The topological polar surface area (TPSA) is 40.6 Å². The maximum atomic E-state index is 7.21. The molecule has 0 amide bonds. The highest BCUT2D eigenvalue weighted by atomic mass is 16.7. The number of pyridine rings is 1. The lowest BCUT2D eigenvalue weighted by Gasteiger charge is -2.32. The minimum Gasteiger partial charge on any atom is -0.478 e. The molecule has 5 heteroatoms. The number of ether oxygens (including phenoxy) is 1. The van der Waals surface area contributed by atoms with Crippen LogP contribution in [0.2, 0.25) is 0 Å². The van der Waals surface area contributed by atoms with Crippen LogP contribution in [0.4, 0.5) is 0 Å². The molecule has 4 nitrogen and oxygen atoms in total. The average molecular weight is 252 g/mol. The van der Waals surface area contributed by atoms with Gasteiger partial charge >= 0.3 is 7.12 Å². The zero-order valence-corrected chi connectivity index (χ0v) is 11.2. The van der Waals surface area contributed by atoms with Gasteiger partial charge in [0.15, 0.2) is 0 Å². The lowest BCUT2D eigenvalue weighted by Crippen LogP contribution is -2.41. The summed E-state index contributed by atoms with van der Waals surface area (Å²) < 4.78 is 38.8. The third-order valence-corrected chi connectivity index (χ3v) is 3.52. The van der Waals surface area contributed by atoms with Gasteiger partial charge < -0.3 is 14.0 Å². The Hall–Kier alpha value is -1.07. The van der Waals surface area contributed by atoms with Gasteiger partial charge in [-0.3, -0.25) is 0 Å². The zero-order valence-electron chi connectivity index (χ0n) is 14.2. The molecule has 0 radical (unpaired) electrons. The summed E-state index contributed by atoms with van der Waals surface area (Å²) in [5.74, 6) is 0.229. The largest absolute Gasteiger partial charge is 0.500 e. The third-order valence-electron chi connectivity index (χ3n) is 3.52. The van der Waals surface area contributed by atoms with Crippen LogP contribution >= 0.6 is 0 Å². The van der Waals surface area contributed by atoms with E-state index in [0.717, 1.165) is 0 Å². The van der Waals surface area contributed by atoms with E-state index in [-0.39, 0.29) is 5.88 Å². The van der Waals surface area contributed by atoms with Gasteiger partial charge in [-0.25, -0.2) is 4.98 Å². The first-order valence-corrected chi connectivity index (χ1v) is 5.95. The molecule has 2 heterocycles. The Morgan fingerprint density at radius 1 is 1.33 bits per heavy atom. The standard InChI is InChI=1S/C13H20BNO3/c1-6-16-11-10(8-7-9-15-11)14-17-12(2,3)13(4,5)18-14/h7-9H,6H2,1-5H3/i1D3. The van der Waals surface area contributed by atoms with E-state index in [9.17, 15) is 0 Å². The van der Waals surface area contributed by atoms with E-state index >= 15 is 0 Å². The molecule has 1 aliphatic rings. The van der Waals surface area contributed by atoms with E-state index < -0.39 is 31.8 Å². The SMILES string of the molecule is [2H]C([2H])([2H])COc1ncccc1B1OC(C)(C)C(C)(C)O1. The fraction of sp³-hybridized carbons (Fsp3) is 0.615. The van der Waals surface area contributed by atoms with Crippen LogP contribution in [0.25, 0.3) is 0 Å². The second kappa shape index (κ2) is 4.55. The molecular formula is C13H20BNO3. The first-order valence-electron chi connectivity index (χ1n) is 7.45. The molecule has 2 rings (SSSR count). The van der Waals surface area contributed by atoms with Crippen molar-refractivity contribution in [1.29, 1.82) is 0 Å². The van der Waals surface area contributed by atoms with Gasteiger partial charge in [-0.05, 0) is 40.6 Å². The van der Waals surface area contributed by atoms with Crippen molar-refractivity contribution in [3.8, 4) is 5.88 Å². The Balaban J connectivity index is 2.22. The molecule has 1 aromatic rings. The third kappa shape index (κ3) is 2.25. The van der Waals surface area contributed by atoms with Gasteiger partial charge in [0, 0.05) is 15.8 Å². The van der Waals surface area contributed by atoms with E-state index in [4.69, 9.17) is 18.2 Å². The molecule has 1 aromatic heterocycles. The number of nitrogens with zero attached hydrogens (tertiary/aromatic N) is 1. The Labute approximate surface area is 113 Å². The van der Waals surface area contributed by atoms with Crippen LogP contribution in [0.1, 0.15) is 38.7 Å². The average Bonchev–Trinajstić information content (AvgIpc) is 2.55. The number of hydrogen-bond donors (Lipinski definition) is 0. The predicted octanol–water partition coefficient (Wildman–Crippen LogP) is 1.78. The molecule has 0 N–H and O–H groups in total. The van der Waals surface area contributed by atoms with Crippen LogP contribution in [0.5, 0.6) is 5.88 Å². The second-order valence-corrected chi connectivity index (χ2v) is 5.27. The minimum absolute atomic E-state index is 0.229. The lowest BCUT2D eigenvalue weighted by atomic mass is 9.80. The monoisotopic (exact) mass is 252 g/mol. The first kappa shape index (κ1) is 9.81. The summed E-state index contributed by atoms with van der Waals surface area (Å²) in [7, 11) is -0.629. The van der Waals surface area contributed by atoms with Crippen molar-refractivity contribution < 1.29 is 18.2 Å². The Kier molecular flexibility index (Phi) is 2.48. The molecule has 0 bridgehead atoms. The van der Waals surface area contributed by atoms with Gasteiger partial charge in [0.1, 0.15) is 0 Å². The zero-order chi connectivity index (χ0) is 15.9. The van der Waals surface area contributed by atoms with Gasteiger partial charge in [-0.15, -0.1) is 0 Å². The van der Waals surface area contributed by atoms with Crippen molar-refractivity contribution in [2.24, 2.45) is 0 Å². The Morgan fingerprint density at radius 3 is 2.61 bits per heavy atom. The maximum Gasteiger partial charge on any atom is 0.500 e. The maximum absolute atomic E-state index is 7.21. The van der Waals surface area contributed by atoms with Crippen LogP contribution in [0, 0.1) is 0 Å². The van der Waals surface area contributed by atoms with Crippen LogP contribution in [0.15, 0.2) is 18.3 Å². The van der Waals surface area contributed by atoms with Crippen LogP contribution in [-0.4, -0.2) is 29.9 Å². The highest BCUT2D eigenvalue weighted by Gasteiger charge is 2.52. The summed E-state index contributed by atoms with van der Waals surface area (Å²) in [4.78, 5) is 4.09. The van der Waals surface area contributed by atoms with Gasteiger partial charge in [0.05, 0.1) is 17.8 Å². The van der Waals surface area contributed by atoms with Crippen molar-refractivity contribution in [1.82, 2.24) is 4.98 Å². The van der Waals surface area contributed by atoms with Crippen LogP contribution in [-0.2, 0) is 9.31 Å². The fourth-order valence-electron chi connectivity index (χ4n) is 1.74. The van der Waals surface area contributed by atoms with Gasteiger partial charge in [0.25, 0.3) is 0 Å². The molecule has 18 heavy (non-hydrogen) atoms. The number of aromatic nitrogens is 1. The molecule has 0 spiro atoms. The number of hydrogen-bond acceptors (Lipinski definition) is 4. The van der Waals surface area contributed by atoms with Crippen LogP contribution < -0.4 is 10.2 Å². The minimum atomic E-state index is -2.18. The Morgan fingerprint density at radius 2 is 2.00 bits per heavy atom. The van der Waals surface area contributed by atoms with Crippen molar-refractivity contribution >= 4 is 12.6 Å². The molecular weight excluding hydrogens is 229 g/mol. The normalized spacial score (nSPS) is 24.2.